The molecule has 50 heavy (non-hydrogen) atoms. The molecule has 0 fully saturated rings. The number of hydrogen-bond donors (Lipinski definition) is 0. The zero-order chi connectivity index (χ0) is 33.0. The topological polar surface area (TPSA) is 16.4 Å². The van der Waals surface area contributed by atoms with Gasteiger partial charge in [0.1, 0.15) is 11.2 Å². The fourth-order valence-corrected chi connectivity index (χ4v) is 7.62. The maximum Gasteiger partial charge on any atom is 0.143 e. The fourth-order valence-electron chi connectivity index (χ4n) is 7.62. The molecule has 9 aromatic carbocycles. The molecule has 10 aromatic rings. The van der Waals surface area contributed by atoms with Crippen molar-refractivity contribution >= 4 is 71.3 Å². The molecule has 234 valence electrons. The Morgan fingerprint density at radius 3 is 1.82 bits per heavy atom. The third-order valence-corrected chi connectivity index (χ3v) is 10.0. The van der Waals surface area contributed by atoms with Gasteiger partial charge in [0.2, 0.25) is 0 Å². The second kappa shape index (κ2) is 11.5. The highest BCUT2D eigenvalue weighted by molar-refractivity contribution is 6.20. The van der Waals surface area contributed by atoms with E-state index in [1.54, 1.807) is 0 Å². The minimum Gasteiger partial charge on any atom is -0.455 e. The van der Waals surface area contributed by atoms with Gasteiger partial charge in [0.15, 0.2) is 0 Å². The molecular weight excluding hydrogens is 607 g/mol. The minimum atomic E-state index is 0.907. The highest BCUT2D eigenvalue weighted by atomic mass is 16.3. The number of rotatable bonds is 5. The van der Waals surface area contributed by atoms with Crippen molar-refractivity contribution in [2.45, 2.75) is 0 Å². The second-order valence-electron chi connectivity index (χ2n) is 12.9. The molecule has 0 saturated heterocycles. The van der Waals surface area contributed by atoms with Crippen LogP contribution in [0.25, 0.3) is 76.5 Å². The Bertz CT molecular complexity index is 2860. The summed E-state index contributed by atoms with van der Waals surface area (Å²) in [7, 11) is 0. The molecule has 0 bridgehead atoms. The van der Waals surface area contributed by atoms with Crippen molar-refractivity contribution in [1.29, 1.82) is 0 Å². The molecule has 0 N–H and O–H groups in total. The number of anilines is 3. The molecule has 0 unspecified atom stereocenters. The van der Waals surface area contributed by atoms with Crippen LogP contribution in [0.1, 0.15) is 0 Å². The van der Waals surface area contributed by atoms with Crippen molar-refractivity contribution in [1.82, 2.24) is 0 Å². The molecule has 0 spiro atoms. The Labute approximate surface area is 290 Å². The van der Waals surface area contributed by atoms with E-state index in [2.05, 4.69) is 181 Å². The molecule has 0 aliphatic rings. The van der Waals surface area contributed by atoms with Crippen molar-refractivity contribution in [2.24, 2.45) is 0 Å². The summed E-state index contributed by atoms with van der Waals surface area (Å²) in [5, 5.41) is 9.94. The zero-order valence-corrected chi connectivity index (χ0v) is 27.3. The van der Waals surface area contributed by atoms with Crippen LogP contribution < -0.4 is 4.90 Å². The van der Waals surface area contributed by atoms with E-state index in [0.717, 1.165) is 50.1 Å². The number of para-hydroxylation sites is 3. The van der Waals surface area contributed by atoms with E-state index in [9.17, 15) is 0 Å². The van der Waals surface area contributed by atoms with Crippen molar-refractivity contribution < 1.29 is 4.42 Å². The van der Waals surface area contributed by atoms with Crippen LogP contribution in [0.3, 0.4) is 0 Å². The van der Waals surface area contributed by atoms with E-state index in [-0.39, 0.29) is 0 Å². The lowest BCUT2D eigenvalue weighted by Crippen LogP contribution is -2.09. The summed E-state index contributed by atoms with van der Waals surface area (Å²) < 4.78 is 6.42. The SMILES string of the molecule is c1ccc(N(c2ccc(-c3ccc4ccc5ccc6ccccc6c5c4c3)cc2)c2cccc(-c3cccc4c3oc3ccccc34)c2)cc1. The van der Waals surface area contributed by atoms with Crippen LogP contribution >= 0.6 is 0 Å². The number of furan rings is 1. The van der Waals surface area contributed by atoms with Crippen LogP contribution in [-0.4, -0.2) is 0 Å². The quantitative estimate of drug-likeness (QED) is 0.175. The van der Waals surface area contributed by atoms with Crippen molar-refractivity contribution in [2.75, 3.05) is 4.90 Å². The standard InChI is InChI=1S/C48H31NO/c1-2-12-38(13-3-1)49(40-14-8-11-37(30-40)42-17-9-18-44-43-16-6-7-19-46(43)50-48(42)44)39-28-26-32(27-29-39)36-25-22-34-21-24-35-23-20-33-10-4-5-15-41(33)47(35)45(34)31-36/h1-31H. The van der Waals surface area contributed by atoms with Gasteiger partial charge in [0.25, 0.3) is 0 Å². The third kappa shape index (κ3) is 4.65. The molecule has 2 heteroatoms. The maximum absolute atomic E-state index is 6.42. The predicted octanol–water partition coefficient (Wildman–Crippen LogP) is 13.8. The molecule has 0 aliphatic carbocycles. The Morgan fingerprint density at radius 1 is 0.340 bits per heavy atom. The Kier molecular flexibility index (Phi) is 6.53. The minimum absolute atomic E-state index is 0.907. The predicted molar refractivity (Wildman–Crippen MR) is 212 cm³/mol. The molecule has 0 saturated carbocycles. The molecule has 2 nitrogen and oxygen atoms in total. The molecule has 1 aromatic heterocycles. The normalized spacial score (nSPS) is 11.6. The number of nitrogens with zero attached hydrogens (tertiary/aromatic N) is 1. The Hall–Kier alpha value is -6.64. The lowest BCUT2D eigenvalue weighted by Gasteiger charge is -2.26. The van der Waals surface area contributed by atoms with Gasteiger partial charge in [-0.1, -0.05) is 140 Å². The van der Waals surface area contributed by atoms with E-state index in [1.807, 2.05) is 12.1 Å². The van der Waals surface area contributed by atoms with Crippen LogP contribution in [0.2, 0.25) is 0 Å². The molecule has 1 heterocycles. The van der Waals surface area contributed by atoms with Crippen molar-refractivity contribution in [3.63, 3.8) is 0 Å². The zero-order valence-electron chi connectivity index (χ0n) is 27.3. The Morgan fingerprint density at radius 2 is 0.960 bits per heavy atom. The van der Waals surface area contributed by atoms with Gasteiger partial charge in [-0.3, -0.25) is 0 Å². The third-order valence-electron chi connectivity index (χ3n) is 10.0. The molecule has 0 amide bonds. The van der Waals surface area contributed by atoms with Gasteiger partial charge in [0.05, 0.1) is 0 Å². The molecule has 10 rings (SSSR count). The summed E-state index contributed by atoms with van der Waals surface area (Å²) in [6, 6.07) is 67.5. The average molecular weight is 638 g/mol. The van der Waals surface area contributed by atoms with E-state index in [1.165, 1.54) is 43.4 Å². The van der Waals surface area contributed by atoms with Gasteiger partial charge >= 0.3 is 0 Å². The van der Waals surface area contributed by atoms with Gasteiger partial charge in [-0.25, -0.2) is 0 Å². The first kappa shape index (κ1) is 28.4. The van der Waals surface area contributed by atoms with Gasteiger partial charge in [-0.2, -0.15) is 0 Å². The van der Waals surface area contributed by atoms with Crippen molar-refractivity contribution in [3.8, 4) is 22.3 Å². The van der Waals surface area contributed by atoms with E-state index < -0.39 is 0 Å². The first-order valence-corrected chi connectivity index (χ1v) is 17.1. The van der Waals surface area contributed by atoms with Gasteiger partial charge < -0.3 is 9.32 Å². The number of hydrogen-bond acceptors (Lipinski definition) is 2. The summed E-state index contributed by atoms with van der Waals surface area (Å²) in [6.07, 6.45) is 0. The smallest absolute Gasteiger partial charge is 0.143 e. The highest BCUT2D eigenvalue weighted by Gasteiger charge is 2.16. The molecule has 0 radical (unpaired) electrons. The summed E-state index contributed by atoms with van der Waals surface area (Å²) in [5.41, 5.74) is 9.69. The second-order valence-corrected chi connectivity index (χ2v) is 12.9. The van der Waals surface area contributed by atoms with E-state index in [4.69, 9.17) is 4.42 Å². The molecule has 0 aliphatic heterocycles. The van der Waals surface area contributed by atoms with E-state index >= 15 is 0 Å². The van der Waals surface area contributed by atoms with Crippen LogP contribution in [0, 0.1) is 0 Å². The summed E-state index contributed by atoms with van der Waals surface area (Å²) in [4.78, 5) is 2.33. The molecule has 0 atom stereocenters. The van der Waals surface area contributed by atoms with Crippen LogP contribution in [0.15, 0.2) is 192 Å². The highest BCUT2D eigenvalue weighted by Crippen LogP contribution is 2.41. The van der Waals surface area contributed by atoms with Crippen LogP contribution in [0.4, 0.5) is 17.1 Å². The number of fused-ring (bicyclic) bond motifs is 8. The van der Waals surface area contributed by atoms with Crippen molar-refractivity contribution in [3.05, 3.63) is 188 Å². The summed E-state index contributed by atoms with van der Waals surface area (Å²) in [6.45, 7) is 0. The number of benzene rings is 9. The lowest BCUT2D eigenvalue weighted by molar-refractivity contribution is 0.670. The Balaban J connectivity index is 1.07. The summed E-state index contributed by atoms with van der Waals surface area (Å²) in [5.74, 6) is 0. The van der Waals surface area contributed by atoms with Gasteiger partial charge in [-0.05, 0) is 97.5 Å². The largest absolute Gasteiger partial charge is 0.455 e. The van der Waals surface area contributed by atoms with Gasteiger partial charge in [-0.15, -0.1) is 0 Å². The monoisotopic (exact) mass is 637 g/mol. The fraction of sp³-hybridized carbons (Fsp3) is 0. The van der Waals surface area contributed by atoms with Crippen LogP contribution in [0.5, 0.6) is 0 Å². The van der Waals surface area contributed by atoms with Crippen LogP contribution in [-0.2, 0) is 0 Å². The average Bonchev–Trinajstić information content (AvgIpc) is 3.57. The summed E-state index contributed by atoms with van der Waals surface area (Å²) >= 11 is 0. The van der Waals surface area contributed by atoms with E-state index in [0.29, 0.717) is 0 Å². The van der Waals surface area contributed by atoms with Gasteiger partial charge in [0, 0.05) is 33.4 Å². The lowest BCUT2D eigenvalue weighted by atomic mass is 9.94. The maximum atomic E-state index is 6.42. The molecular formula is C48H31NO. The first-order chi connectivity index (χ1) is 24.8. The first-order valence-electron chi connectivity index (χ1n) is 17.1.